The van der Waals surface area contributed by atoms with Gasteiger partial charge in [-0.1, -0.05) is 0 Å². The predicted octanol–water partition coefficient (Wildman–Crippen LogP) is 0.873. The summed E-state index contributed by atoms with van der Waals surface area (Å²) in [7, 11) is 0. The summed E-state index contributed by atoms with van der Waals surface area (Å²) in [5.41, 5.74) is -2.08. The quantitative estimate of drug-likeness (QED) is 0.709. The molecule has 1 aliphatic heterocycles. The molecule has 1 aliphatic rings. The molecule has 0 aromatic heterocycles. The van der Waals surface area contributed by atoms with Gasteiger partial charge in [0, 0.05) is 0 Å². The highest BCUT2D eigenvalue weighted by Crippen LogP contribution is 2.39. The van der Waals surface area contributed by atoms with Crippen LogP contribution in [0.5, 0.6) is 0 Å². The topological polar surface area (TPSA) is 83.8 Å². The van der Waals surface area contributed by atoms with Crippen LogP contribution in [0.25, 0.3) is 0 Å². The zero-order chi connectivity index (χ0) is 11.0. The summed E-state index contributed by atoms with van der Waals surface area (Å²) in [5.74, 6) is -2.34. The SMILES string of the molecule is CC1(C)CCC(CC(=O)O)(C(=O)O)O1. The lowest BCUT2D eigenvalue weighted by Gasteiger charge is -2.26. The molecule has 1 unspecified atom stereocenters. The van der Waals surface area contributed by atoms with Crippen molar-refractivity contribution in [2.24, 2.45) is 0 Å². The van der Waals surface area contributed by atoms with Gasteiger partial charge in [0.1, 0.15) is 0 Å². The zero-order valence-corrected chi connectivity index (χ0v) is 8.24. The summed E-state index contributed by atoms with van der Waals surface area (Å²) < 4.78 is 5.33. The highest BCUT2D eigenvalue weighted by atomic mass is 16.6. The first-order valence-electron chi connectivity index (χ1n) is 4.43. The molecule has 1 rings (SSSR count). The largest absolute Gasteiger partial charge is 0.481 e. The molecule has 0 aliphatic carbocycles. The van der Waals surface area contributed by atoms with Crippen molar-refractivity contribution in [1.29, 1.82) is 0 Å². The van der Waals surface area contributed by atoms with Crippen molar-refractivity contribution in [3.05, 3.63) is 0 Å². The lowest BCUT2D eigenvalue weighted by molar-refractivity contribution is -0.177. The number of hydrogen-bond donors (Lipinski definition) is 2. The maximum Gasteiger partial charge on any atom is 0.336 e. The van der Waals surface area contributed by atoms with E-state index in [1.165, 1.54) is 0 Å². The van der Waals surface area contributed by atoms with Crippen molar-refractivity contribution >= 4 is 11.9 Å². The van der Waals surface area contributed by atoms with Crippen molar-refractivity contribution in [2.45, 2.75) is 44.3 Å². The van der Waals surface area contributed by atoms with Crippen LogP contribution in [0.3, 0.4) is 0 Å². The molecule has 1 atom stereocenters. The lowest BCUT2D eigenvalue weighted by Crippen LogP contribution is -2.42. The average molecular weight is 202 g/mol. The Labute approximate surface area is 81.7 Å². The number of rotatable bonds is 3. The monoisotopic (exact) mass is 202 g/mol. The molecule has 1 heterocycles. The third-order valence-corrected chi connectivity index (χ3v) is 2.43. The van der Waals surface area contributed by atoms with Gasteiger partial charge in [-0.3, -0.25) is 4.79 Å². The van der Waals surface area contributed by atoms with Gasteiger partial charge in [-0.15, -0.1) is 0 Å². The number of hydrogen-bond acceptors (Lipinski definition) is 3. The minimum absolute atomic E-state index is 0.252. The molecule has 5 nitrogen and oxygen atoms in total. The molecule has 1 saturated heterocycles. The smallest absolute Gasteiger partial charge is 0.336 e. The van der Waals surface area contributed by atoms with E-state index in [1.54, 1.807) is 13.8 Å². The van der Waals surface area contributed by atoms with Crippen LogP contribution < -0.4 is 0 Å². The summed E-state index contributed by atoms with van der Waals surface area (Å²) in [6.45, 7) is 3.53. The van der Waals surface area contributed by atoms with Crippen LogP contribution in [0.2, 0.25) is 0 Å². The van der Waals surface area contributed by atoms with Gasteiger partial charge in [0.2, 0.25) is 0 Å². The van der Waals surface area contributed by atoms with Crippen LogP contribution in [0.15, 0.2) is 0 Å². The number of carboxylic acid groups (broad SMARTS) is 2. The molecule has 1 fully saturated rings. The Balaban J connectivity index is 2.86. The average Bonchev–Trinajstić information content (AvgIpc) is 2.26. The fraction of sp³-hybridized carbons (Fsp3) is 0.778. The van der Waals surface area contributed by atoms with E-state index in [0.717, 1.165) is 0 Å². The number of carboxylic acids is 2. The van der Waals surface area contributed by atoms with Gasteiger partial charge in [-0.25, -0.2) is 4.79 Å². The Morgan fingerprint density at radius 3 is 2.14 bits per heavy atom. The zero-order valence-electron chi connectivity index (χ0n) is 8.24. The van der Waals surface area contributed by atoms with Gasteiger partial charge in [0.15, 0.2) is 5.60 Å². The van der Waals surface area contributed by atoms with Crippen LogP contribution in [-0.4, -0.2) is 33.4 Å². The van der Waals surface area contributed by atoms with E-state index in [4.69, 9.17) is 14.9 Å². The summed E-state index contributed by atoms with van der Waals surface area (Å²) >= 11 is 0. The molecule has 0 bridgehead atoms. The predicted molar refractivity (Wildman–Crippen MR) is 47.0 cm³/mol. The molecule has 80 valence electrons. The van der Waals surface area contributed by atoms with Gasteiger partial charge < -0.3 is 14.9 Å². The van der Waals surface area contributed by atoms with Crippen molar-refractivity contribution < 1.29 is 24.5 Å². The number of aliphatic carboxylic acids is 2. The minimum atomic E-state index is -1.53. The second-order valence-electron chi connectivity index (χ2n) is 4.23. The Morgan fingerprint density at radius 2 is 1.86 bits per heavy atom. The van der Waals surface area contributed by atoms with E-state index in [0.29, 0.717) is 6.42 Å². The third kappa shape index (κ3) is 2.04. The third-order valence-electron chi connectivity index (χ3n) is 2.43. The highest BCUT2D eigenvalue weighted by molar-refractivity contribution is 5.84. The maximum atomic E-state index is 11.0. The Hall–Kier alpha value is -1.10. The summed E-state index contributed by atoms with van der Waals surface area (Å²) in [6.07, 6.45) is 0.333. The first-order chi connectivity index (χ1) is 6.27. The standard InChI is InChI=1S/C9H14O5/c1-8(2)3-4-9(14-8,7(12)13)5-6(10)11/h3-5H2,1-2H3,(H,10,11)(H,12,13). The molecule has 14 heavy (non-hydrogen) atoms. The van der Waals surface area contributed by atoms with Crippen molar-refractivity contribution in [2.75, 3.05) is 0 Å². The molecule has 0 saturated carbocycles. The van der Waals surface area contributed by atoms with Crippen molar-refractivity contribution in [3.63, 3.8) is 0 Å². The van der Waals surface area contributed by atoms with E-state index in [-0.39, 0.29) is 6.42 Å². The Bertz CT molecular complexity index is 270. The molecule has 0 aromatic rings. The summed E-state index contributed by atoms with van der Waals surface area (Å²) in [6, 6.07) is 0. The van der Waals surface area contributed by atoms with E-state index < -0.39 is 29.6 Å². The van der Waals surface area contributed by atoms with Crippen molar-refractivity contribution in [1.82, 2.24) is 0 Å². The molecule has 0 spiro atoms. The van der Waals surface area contributed by atoms with Crippen LogP contribution in [0.4, 0.5) is 0 Å². The van der Waals surface area contributed by atoms with E-state index in [2.05, 4.69) is 0 Å². The number of carbonyl (C=O) groups is 2. The normalized spacial score (nSPS) is 30.1. The molecule has 0 radical (unpaired) electrons. The Kier molecular flexibility index (Phi) is 2.54. The van der Waals surface area contributed by atoms with Crippen molar-refractivity contribution in [3.8, 4) is 0 Å². The van der Waals surface area contributed by atoms with Crippen LogP contribution >= 0.6 is 0 Å². The van der Waals surface area contributed by atoms with E-state index >= 15 is 0 Å². The minimum Gasteiger partial charge on any atom is -0.481 e. The fourth-order valence-electron chi connectivity index (χ4n) is 1.73. The van der Waals surface area contributed by atoms with Crippen LogP contribution in [-0.2, 0) is 14.3 Å². The first kappa shape index (κ1) is 11.0. The van der Waals surface area contributed by atoms with Gasteiger partial charge in [0.05, 0.1) is 12.0 Å². The van der Waals surface area contributed by atoms with E-state index in [1.807, 2.05) is 0 Å². The lowest BCUT2D eigenvalue weighted by atomic mass is 9.94. The fourth-order valence-corrected chi connectivity index (χ4v) is 1.73. The van der Waals surface area contributed by atoms with Crippen LogP contribution in [0, 0.1) is 0 Å². The first-order valence-corrected chi connectivity index (χ1v) is 4.43. The highest BCUT2D eigenvalue weighted by Gasteiger charge is 2.51. The van der Waals surface area contributed by atoms with Gasteiger partial charge in [0.25, 0.3) is 0 Å². The number of ether oxygens (including phenoxy) is 1. The second kappa shape index (κ2) is 3.24. The second-order valence-corrected chi connectivity index (χ2v) is 4.23. The molecule has 0 amide bonds. The maximum absolute atomic E-state index is 11.0. The Morgan fingerprint density at radius 1 is 1.29 bits per heavy atom. The van der Waals surface area contributed by atoms with Gasteiger partial charge >= 0.3 is 11.9 Å². The molecular formula is C9H14O5. The van der Waals surface area contributed by atoms with Gasteiger partial charge in [-0.2, -0.15) is 0 Å². The molecule has 2 N–H and O–H groups in total. The van der Waals surface area contributed by atoms with Crippen LogP contribution in [0.1, 0.15) is 33.1 Å². The molecule has 5 heteroatoms. The molecule has 0 aromatic carbocycles. The summed E-state index contributed by atoms with van der Waals surface area (Å²) in [4.78, 5) is 21.5. The molecular weight excluding hydrogens is 188 g/mol. The van der Waals surface area contributed by atoms with Gasteiger partial charge in [-0.05, 0) is 26.7 Å². The van der Waals surface area contributed by atoms with E-state index in [9.17, 15) is 9.59 Å². The summed E-state index contributed by atoms with van der Waals surface area (Å²) in [5, 5.41) is 17.6.